The molecule has 5 rings (SSSR count). The van der Waals surface area contributed by atoms with Crippen molar-refractivity contribution < 1.29 is 14.2 Å². The van der Waals surface area contributed by atoms with Crippen LogP contribution < -0.4 is 20.1 Å². The molecule has 8 nitrogen and oxygen atoms in total. The van der Waals surface area contributed by atoms with Crippen molar-refractivity contribution in [1.29, 1.82) is 0 Å². The Bertz CT molecular complexity index is 920. The molecule has 3 fully saturated rings. The molecule has 2 aliphatic heterocycles. The lowest BCUT2D eigenvalue weighted by Gasteiger charge is -2.57. The van der Waals surface area contributed by atoms with E-state index in [9.17, 15) is 0 Å². The number of anilines is 3. The molecule has 3 heterocycles. The number of ether oxygens (including phenoxy) is 3. The normalized spacial score (nSPS) is 20.9. The predicted octanol–water partition coefficient (Wildman–Crippen LogP) is 3.54. The standard InChI is InChI=1S/C24H33N5O3/c1-29-15-24(16-29)12-19(13-24)32-21-11-18(3-4-20(21)30-2)27-23-25-8-5-22(28-23)26-14-17-6-9-31-10-7-17/h3-5,8,11,17,19H,6-7,9-10,12-16H2,1-2H3,(H2,25,26,27,28). The highest BCUT2D eigenvalue weighted by molar-refractivity contribution is 5.60. The van der Waals surface area contributed by atoms with Crippen LogP contribution in [0.25, 0.3) is 0 Å². The molecule has 1 spiro atoms. The molecule has 1 aliphatic carbocycles. The third-order valence-corrected chi connectivity index (χ3v) is 6.81. The predicted molar refractivity (Wildman–Crippen MR) is 124 cm³/mol. The van der Waals surface area contributed by atoms with E-state index in [-0.39, 0.29) is 6.10 Å². The summed E-state index contributed by atoms with van der Waals surface area (Å²) in [6.45, 7) is 4.97. The lowest BCUT2D eigenvalue weighted by atomic mass is 9.62. The van der Waals surface area contributed by atoms with E-state index in [1.54, 1.807) is 13.3 Å². The van der Waals surface area contributed by atoms with Gasteiger partial charge in [-0.15, -0.1) is 0 Å². The van der Waals surface area contributed by atoms with Crippen molar-refractivity contribution in [2.45, 2.75) is 31.8 Å². The molecule has 3 aliphatic rings. The van der Waals surface area contributed by atoms with E-state index in [2.05, 4.69) is 32.5 Å². The summed E-state index contributed by atoms with van der Waals surface area (Å²) in [7, 11) is 3.85. The third kappa shape index (κ3) is 4.76. The second-order valence-corrected chi connectivity index (χ2v) is 9.51. The summed E-state index contributed by atoms with van der Waals surface area (Å²) in [4.78, 5) is 11.4. The van der Waals surface area contributed by atoms with E-state index < -0.39 is 0 Å². The Hall–Kier alpha value is -2.58. The largest absolute Gasteiger partial charge is 0.493 e. The minimum Gasteiger partial charge on any atom is -0.493 e. The number of aromatic nitrogens is 2. The number of rotatable bonds is 8. The van der Waals surface area contributed by atoms with Crippen LogP contribution in [0.3, 0.4) is 0 Å². The molecule has 172 valence electrons. The number of hydrogen-bond acceptors (Lipinski definition) is 8. The van der Waals surface area contributed by atoms with Gasteiger partial charge in [0.1, 0.15) is 11.9 Å². The zero-order valence-corrected chi connectivity index (χ0v) is 19.0. The molecule has 1 aromatic carbocycles. The maximum Gasteiger partial charge on any atom is 0.229 e. The molecule has 1 saturated carbocycles. The van der Waals surface area contributed by atoms with Crippen molar-refractivity contribution in [3.05, 3.63) is 30.5 Å². The topological polar surface area (TPSA) is 80.8 Å². The van der Waals surface area contributed by atoms with E-state index in [0.29, 0.717) is 17.3 Å². The number of nitrogens with one attached hydrogen (secondary N) is 2. The number of benzene rings is 1. The Morgan fingerprint density at radius 3 is 2.72 bits per heavy atom. The van der Waals surface area contributed by atoms with Crippen molar-refractivity contribution in [2.75, 3.05) is 57.6 Å². The zero-order valence-electron chi connectivity index (χ0n) is 19.0. The first-order valence-corrected chi connectivity index (χ1v) is 11.6. The average molecular weight is 440 g/mol. The van der Waals surface area contributed by atoms with E-state index in [0.717, 1.165) is 68.4 Å². The molecule has 32 heavy (non-hydrogen) atoms. The molecule has 0 atom stereocenters. The number of methoxy groups -OCH3 is 1. The molecule has 2 saturated heterocycles. The summed E-state index contributed by atoms with van der Waals surface area (Å²) in [6.07, 6.45) is 6.44. The van der Waals surface area contributed by atoms with Crippen molar-refractivity contribution in [3.63, 3.8) is 0 Å². The summed E-state index contributed by atoms with van der Waals surface area (Å²) >= 11 is 0. The van der Waals surface area contributed by atoms with E-state index >= 15 is 0 Å². The van der Waals surface area contributed by atoms with Gasteiger partial charge in [-0.05, 0) is 56.8 Å². The molecule has 8 heteroatoms. The molecular formula is C24H33N5O3. The summed E-state index contributed by atoms with van der Waals surface area (Å²) < 4.78 is 17.3. The summed E-state index contributed by atoms with van der Waals surface area (Å²) in [5.74, 6) is 3.51. The van der Waals surface area contributed by atoms with Crippen LogP contribution in [0.4, 0.5) is 17.5 Å². The summed E-state index contributed by atoms with van der Waals surface area (Å²) in [6, 6.07) is 7.76. The van der Waals surface area contributed by atoms with Crippen molar-refractivity contribution in [1.82, 2.24) is 14.9 Å². The highest BCUT2D eigenvalue weighted by Gasteiger charge is 2.52. The molecule has 1 aromatic heterocycles. The number of nitrogens with zero attached hydrogens (tertiary/aromatic N) is 3. The van der Waals surface area contributed by atoms with Crippen LogP contribution in [0.5, 0.6) is 11.5 Å². The lowest BCUT2D eigenvalue weighted by Crippen LogP contribution is -2.63. The second-order valence-electron chi connectivity index (χ2n) is 9.51. The van der Waals surface area contributed by atoms with Crippen LogP contribution in [0, 0.1) is 11.3 Å². The van der Waals surface area contributed by atoms with Gasteiger partial charge >= 0.3 is 0 Å². The Kier molecular flexibility index (Phi) is 6.06. The molecule has 0 unspecified atom stereocenters. The first-order chi connectivity index (χ1) is 15.6. The Morgan fingerprint density at radius 2 is 1.97 bits per heavy atom. The second kappa shape index (κ2) is 9.11. The fourth-order valence-electron chi connectivity index (χ4n) is 5.22. The van der Waals surface area contributed by atoms with Gasteiger partial charge in [0.15, 0.2) is 11.5 Å². The zero-order chi connectivity index (χ0) is 22.0. The summed E-state index contributed by atoms with van der Waals surface area (Å²) in [5.41, 5.74) is 1.36. The van der Waals surface area contributed by atoms with Crippen LogP contribution in [0.1, 0.15) is 25.7 Å². The highest BCUT2D eigenvalue weighted by Crippen LogP contribution is 2.49. The third-order valence-electron chi connectivity index (χ3n) is 6.81. The molecule has 2 N–H and O–H groups in total. The molecule has 0 bridgehead atoms. The fourth-order valence-corrected chi connectivity index (χ4v) is 5.22. The maximum absolute atomic E-state index is 6.30. The van der Waals surface area contributed by atoms with Gasteiger partial charge in [0.05, 0.1) is 7.11 Å². The van der Waals surface area contributed by atoms with Crippen molar-refractivity contribution >= 4 is 17.5 Å². The van der Waals surface area contributed by atoms with Gasteiger partial charge in [0, 0.05) is 56.2 Å². The van der Waals surface area contributed by atoms with E-state index in [1.807, 2.05) is 24.3 Å². The van der Waals surface area contributed by atoms with Gasteiger partial charge in [-0.2, -0.15) is 4.98 Å². The van der Waals surface area contributed by atoms with Gasteiger partial charge < -0.3 is 29.7 Å². The molecular weight excluding hydrogens is 406 g/mol. The van der Waals surface area contributed by atoms with Crippen LogP contribution >= 0.6 is 0 Å². The van der Waals surface area contributed by atoms with Crippen molar-refractivity contribution in [2.24, 2.45) is 11.3 Å². The molecule has 0 radical (unpaired) electrons. The molecule has 0 amide bonds. The monoisotopic (exact) mass is 439 g/mol. The van der Waals surface area contributed by atoms with Gasteiger partial charge in [0.2, 0.25) is 5.95 Å². The smallest absolute Gasteiger partial charge is 0.229 e. The SMILES string of the molecule is COc1ccc(Nc2nccc(NCC3CCOCC3)n2)cc1OC1CC2(C1)CN(C)C2. The van der Waals surface area contributed by atoms with Crippen molar-refractivity contribution in [3.8, 4) is 11.5 Å². The Morgan fingerprint density at radius 1 is 1.16 bits per heavy atom. The number of hydrogen-bond donors (Lipinski definition) is 2. The molecule has 2 aromatic rings. The number of likely N-dealkylation sites (tertiary alicyclic amines) is 1. The lowest BCUT2D eigenvalue weighted by molar-refractivity contribution is -0.109. The van der Waals surface area contributed by atoms with Gasteiger partial charge in [-0.3, -0.25) is 0 Å². The van der Waals surface area contributed by atoms with Crippen LogP contribution in [-0.4, -0.2) is 68.0 Å². The van der Waals surface area contributed by atoms with E-state index in [4.69, 9.17) is 14.2 Å². The van der Waals surface area contributed by atoms with Gasteiger partial charge in [-0.1, -0.05) is 0 Å². The van der Waals surface area contributed by atoms with Gasteiger partial charge in [0.25, 0.3) is 0 Å². The fraction of sp³-hybridized carbons (Fsp3) is 0.583. The van der Waals surface area contributed by atoms with Crippen LogP contribution in [0.15, 0.2) is 30.5 Å². The first-order valence-electron chi connectivity index (χ1n) is 11.6. The minimum absolute atomic E-state index is 0.252. The minimum atomic E-state index is 0.252. The maximum atomic E-state index is 6.30. The van der Waals surface area contributed by atoms with Gasteiger partial charge in [-0.25, -0.2) is 4.98 Å². The van der Waals surface area contributed by atoms with Crippen LogP contribution in [0.2, 0.25) is 0 Å². The average Bonchev–Trinajstić information content (AvgIpc) is 2.76. The highest BCUT2D eigenvalue weighted by atomic mass is 16.5. The van der Waals surface area contributed by atoms with Crippen LogP contribution in [-0.2, 0) is 4.74 Å². The first kappa shape index (κ1) is 21.3. The van der Waals surface area contributed by atoms with E-state index in [1.165, 1.54) is 13.1 Å². The quantitative estimate of drug-likeness (QED) is 0.647. The summed E-state index contributed by atoms with van der Waals surface area (Å²) in [5, 5.41) is 6.74. The Labute approximate surface area is 189 Å². The Balaban J connectivity index is 1.20.